The highest BCUT2D eigenvalue weighted by Gasteiger charge is 2.29. The molecule has 9 heteroatoms. The molecular formula is C12H13N3O4S2. The van der Waals surface area contributed by atoms with Gasteiger partial charge < -0.3 is 5.11 Å². The number of nitrogens with zero attached hydrogens (tertiary/aromatic N) is 3. The molecule has 0 saturated carbocycles. The predicted octanol–water partition coefficient (Wildman–Crippen LogP) is 1.10. The number of sulfonamides is 1. The molecule has 0 fully saturated rings. The molecule has 2 rings (SSSR count). The summed E-state index contributed by atoms with van der Waals surface area (Å²) in [5.74, 6) is -1.35. The molecule has 0 unspecified atom stereocenters. The number of pyridine rings is 1. The normalized spacial score (nSPS) is 11.7. The largest absolute Gasteiger partial charge is 0.476 e. The highest BCUT2D eigenvalue weighted by atomic mass is 32.2. The summed E-state index contributed by atoms with van der Waals surface area (Å²) >= 11 is 0.798. The summed E-state index contributed by atoms with van der Waals surface area (Å²) in [5, 5.41) is 8.96. The van der Waals surface area contributed by atoms with Crippen LogP contribution in [-0.2, 0) is 16.4 Å². The van der Waals surface area contributed by atoms with E-state index in [-0.39, 0.29) is 10.8 Å². The monoisotopic (exact) mass is 327 g/mol. The van der Waals surface area contributed by atoms with Crippen LogP contribution in [0.5, 0.6) is 0 Å². The van der Waals surface area contributed by atoms with E-state index in [1.165, 1.54) is 12.6 Å². The van der Waals surface area contributed by atoms with Crippen LogP contribution in [-0.4, -0.2) is 47.4 Å². The van der Waals surface area contributed by atoms with Crippen LogP contribution in [0.4, 0.5) is 0 Å². The third-order valence-electron chi connectivity index (χ3n) is 2.79. The molecule has 7 nitrogen and oxygen atoms in total. The molecule has 0 aliphatic heterocycles. The molecule has 2 aromatic rings. The summed E-state index contributed by atoms with van der Waals surface area (Å²) in [6, 6.07) is 5.40. The van der Waals surface area contributed by atoms with Gasteiger partial charge in [-0.3, -0.25) is 4.98 Å². The predicted molar refractivity (Wildman–Crippen MR) is 76.8 cm³/mol. The maximum Gasteiger partial charge on any atom is 0.356 e. The first-order valence-electron chi connectivity index (χ1n) is 5.96. The van der Waals surface area contributed by atoms with Gasteiger partial charge in [-0.05, 0) is 12.1 Å². The minimum atomic E-state index is -3.86. The molecule has 0 aliphatic rings. The van der Waals surface area contributed by atoms with Crippen LogP contribution in [0.3, 0.4) is 0 Å². The number of carbonyl (C=O) groups is 1. The summed E-state index contributed by atoms with van der Waals surface area (Å²) < 4.78 is 25.6. The summed E-state index contributed by atoms with van der Waals surface area (Å²) in [5.41, 5.74) is 1.54. The average molecular weight is 327 g/mol. The molecule has 0 atom stereocenters. The third kappa shape index (κ3) is 3.43. The van der Waals surface area contributed by atoms with Crippen molar-refractivity contribution in [3.8, 4) is 0 Å². The Kier molecular flexibility index (Phi) is 4.66. The first-order chi connectivity index (χ1) is 9.93. The Hall–Kier alpha value is -1.84. The highest BCUT2D eigenvalue weighted by Crippen LogP contribution is 2.23. The fraction of sp³-hybridized carbons (Fsp3) is 0.250. The lowest BCUT2D eigenvalue weighted by Gasteiger charge is -2.15. The Bertz CT molecular complexity index is 728. The Morgan fingerprint density at radius 1 is 1.38 bits per heavy atom. The summed E-state index contributed by atoms with van der Waals surface area (Å²) in [4.78, 5) is 18.7. The van der Waals surface area contributed by atoms with Crippen LogP contribution >= 0.6 is 11.3 Å². The second-order valence-electron chi connectivity index (χ2n) is 4.19. The Morgan fingerprint density at radius 3 is 2.76 bits per heavy atom. The smallest absolute Gasteiger partial charge is 0.356 e. The Balaban J connectivity index is 2.15. The number of likely N-dealkylation sites (N-methyl/N-ethyl adjacent to an activating group) is 1. The van der Waals surface area contributed by atoms with E-state index in [2.05, 4.69) is 9.97 Å². The first-order valence-corrected chi connectivity index (χ1v) is 8.28. The van der Waals surface area contributed by atoms with Crippen LogP contribution < -0.4 is 0 Å². The number of carboxylic acid groups (broad SMARTS) is 1. The summed E-state index contributed by atoms with van der Waals surface area (Å²) in [6.45, 7) is 0.205. The van der Waals surface area contributed by atoms with E-state index in [0.29, 0.717) is 6.42 Å². The Labute approximate surface area is 126 Å². The number of carboxylic acids is 1. The molecule has 0 aromatic carbocycles. The lowest BCUT2D eigenvalue weighted by atomic mass is 10.3. The van der Waals surface area contributed by atoms with E-state index >= 15 is 0 Å². The van der Waals surface area contributed by atoms with Crippen molar-refractivity contribution in [3.63, 3.8) is 0 Å². The van der Waals surface area contributed by atoms with Gasteiger partial charge >= 0.3 is 5.97 Å². The zero-order chi connectivity index (χ0) is 15.5. The Morgan fingerprint density at radius 2 is 2.14 bits per heavy atom. The van der Waals surface area contributed by atoms with E-state index < -0.39 is 21.7 Å². The number of hydrogen-bond donors (Lipinski definition) is 1. The van der Waals surface area contributed by atoms with E-state index in [4.69, 9.17) is 5.11 Å². The number of aromatic nitrogens is 2. The van der Waals surface area contributed by atoms with Gasteiger partial charge in [-0.1, -0.05) is 6.07 Å². The van der Waals surface area contributed by atoms with Crippen molar-refractivity contribution in [2.75, 3.05) is 13.6 Å². The van der Waals surface area contributed by atoms with Crippen LogP contribution in [0.2, 0.25) is 0 Å². The first kappa shape index (κ1) is 15.5. The quantitative estimate of drug-likeness (QED) is 0.852. The molecule has 112 valence electrons. The molecule has 2 aromatic heterocycles. The van der Waals surface area contributed by atoms with Crippen molar-refractivity contribution in [2.45, 2.75) is 10.6 Å². The second-order valence-corrected chi connectivity index (χ2v) is 7.29. The van der Waals surface area contributed by atoms with Gasteiger partial charge in [-0.15, -0.1) is 11.3 Å². The summed E-state index contributed by atoms with van der Waals surface area (Å²) in [7, 11) is -2.45. The van der Waals surface area contributed by atoms with Gasteiger partial charge in [0, 0.05) is 31.9 Å². The zero-order valence-corrected chi connectivity index (χ0v) is 12.8. The van der Waals surface area contributed by atoms with Crippen LogP contribution in [0, 0.1) is 0 Å². The van der Waals surface area contributed by atoms with Gasteiger partial charge in [0.25, 0.3) is 10.0 Å². The van der Waals surface area contributed by atoms with Crippen LogP contribution in [0.15, 0.2) is 34.1 Å². The van der Waals surface area contributed by atoms with Crippen molar-refractivity contribution in [3.05, 3.63) is 41.3 Å². The molecule has 0 saturated heterocycles. The van der Waals surface area contributed by atoms with Crippen molar-refractivity contribution < 1.29 is 18.3 Å². The minimum absolute atomic E-state index is 0.205. The van der Waals surface area contributed by atoms with Gasteiger partial charge in [-0.2, -0.15) is 4.31 Å². The molecule has 1 N–H and O–H groups in total. The molecule has 0 spiro atoms. The lowest BCUT2D eigenvalue weighted by molar-refractivity contribution is 0.0687. The van der Waals surface area contributed by atoms with E-state index in [1.54, 1.807) is 18.3 Å². The number of hydrogen-bond acceptors (Lipinski definition) is 6. The molecule has 0 bridgehead atoms. The van der Waals surface area contributed by atoms with Gasteiger partial charge in [0.15, 0.2) is 9.90 Å². The van der Waals surface area contributed by atoms with Crippen molar-refractivity contribution in [1.82, 2.24) is 14.3 Å². The van der Waals surface area contributed by atoms with Gasteiger partial charge in [-0.25, -0.2) is 18.2 Å². The third-order valence-corrected chi connectivity index (χ3v) is 5.99. The fourth-order valence-electron chi connectivity index (χ4n) is 1.64. The maximum absolute atomic E-state index is 12.4. The van der Waals surface area contributed by atoms with Crippen molar-refractivity contribution in [1.29, 1.82) is 0 Å². The topological polar surface area (TPSA) is 100 Å². The average Bonchev–Trinajstić information content (AvgIpc) is 2.96. The SMILES string of the molecule is CN(CCc1ccccn1)S(=O)(=O)c1scnc1C(=O)O. The van der Waals surface area contributed by atoms with Gasteiger partial charge in [0.1, 0.15) is 0 Å². The zero-order valence-electron chi connectivity index (χ0n) is 11.1. The second kappa shape index (κ2) is 6.29. The molecule has 2 heterocycles. The van der Waals surface area contributed by atoms with E-state index in [1.807, 2.05) is 6.07 Å². The number of aromatic carboxylic acids is 1. The van der Waals surface area contributed by atoms with Crippen LogP contribution in [0.25, 0.3) is 0 Å². The van der Waals surface area contributed by atoms with Gasteiger partial charge in [0.05, 0.1) is 5.51 Å². The van der Waals surface area contributed by atoms with Crippen molar-refractivity contribution >= 4 is 27.3 Å². The molecule has 0 aliphatic carbocycles. The fourth-order valence-corrected chi connectivity index (χ4v) is 4.14. The highest BCUT2D eigenvalue weighted by molar-refractivity contribution is 7.91. The van der Waals surface area contributed by atoms with Crippen LogP contribution in [0.1, 0.15) is 16.2 Å². The van der Waals surface area contributed by atoms with E-state index in [0.717, 1.165) is 21.3 Å². The standard InChI is InChI=1S/C12H13N3O4S2/c1-15(7-5-9-4-2-3-6-13-9)21(18,19)12-10(11(16)17)14-8-20-12/h2-4,6,8H,5,7H2,1H3,(H,16,17). The molecule has 21 heavy (non-hydrogen) atoms. The number of thiazole rings is 1. The minimum Gasteiger partial charge on any atom is -0.476 e. The van der Waals surface area contributed by atoms with Crippen molar-refractivity contribution in [2.24, 2.45) is 0 Å². The number of rotatable bonds is 6. The molecule has 0 amide bonds. The molecular weight excluding hydrogens is 314 g/mol. The maximum atomic E-state index is 12.4. The summed E-state index contributed by atoms with van der Waals surface area (Å²) in [6.07, 6.45) is 2.08. The lowest BCUT2D eigenvalue weighted by Crippen LogP contribution is -2.29. The molecule has 0 radical (unpaired) electrons. The van der Waals surface area contributed by atoms with Gasteiger partial charge in [0.2, 0.25) is 0 Å². The van der Waals surface area contributed by atoms with E-state index in [9.17, 15) is 13.2 Å².